The fourth-order valence-electron chi connectivity index (χ4n) is 3.20. The van der Waals surface area contributed by atoms with Crippen molar-refractivity contribution in [1.29, 1.82) is 0 Å². The van der Waals surface area contributed by atoms with Gasteiger partial charge in [0, 0.05) is 29.7 Å². The van der Waals surface area contributed by atoms with Crippen LogP contribution in [0.15, 0.2) is 17.8 Å². The zero-order valence-electron chi connectivity index (χ0n) is 11.9. The molecule has 0 saturated carbocycles. The Morgan fingerprint density at radius 2 is 2.32 bits per heavy atom. The third kappa shape index (κ3) is 2.56. The first-order valence-electron chi connectivity index (χ1n) is 7.36. The van der Waals surface area contributed by atoms with Gasteiger partial charge in [-0.05, 0) is 25.3 Å². The zero-order valence-corrected chi connectivity index (χ0v) is 12.7. The third-order valence-electron chi connectivity index (χ3n) is 4.52. The van der Waals surface area contributed by atoms with E-state index in [0.29, 0.717) is 5.92 Å². The number of thiazole rings is 1. The summed E-state index contributed by atoms with van der Waals surface area (Å²) in [5, 5.41) is 5.93. The van der Waals surface area contributed by atoms with Gasteiger partial charge in [0.1, 0.15) is 0 Å². The van der Waals surface area contributed by atoms with E-state index in [0.717, 1.165) is 17.9 Å². The maximum atomic E-state index is 4.77. The number of nitrogens with zero attached hydrogens (tertiary/aromatic N) is 2. The van der Waals surface area contributed by atoms with Gasteiger partial charge in [0.25, 0.3) is 0 Å². The topological polar surface area (TPSA) is 29.3 Å². The van der Waals surface area contributed by atoms with E-state index in [-0.39, 0.29) is 5.54 Å². The highest BCUT2D eigenvalue weighted by molar-refractivity contribution is 7.15. The molecule has 1 aliphatic rings. The molecule has 1 N–H and O–H groups in total. The van der Waals surface area contributed by atoms with Gasteiger partial charge in [0.05, 0.1) is 5.69 Å². The fraction of sp³-hybridized carbons (Fsp3) is 0.667. The summed E-state index contributed by atoms with van der Waals surface area (Å²) in [6, 6.07) is 0. The van der Waals surface area contributed by atoms with E-state index in [4.69, 9.17) is 4.98 Å². The molecular weight excluding hydrogens is 254 g/mol. The molecule has 4 heteroatoms. The van der Waals surface area contributed by atoms with E-state index in [1.54, 1.807) is 11.3 Å². The summed E-state index contributed by atoms with van der Waals surface area (Å²) in [5.74, 6) is 0.644. The monoisotopic (exact) mass is 277 g/mol. The van der Waals surface area contributed by atoms with Crippen molar-refractivity contribution in [2.45, 2.75) is 51.5 Å². The molecule has 2 aromatic rings. The van der Waals surface area contributed by atoms with Crippen molar-refractivity contribution in [3.8, 4) is 0 Å². The maximum Gasteiger partial charge on any atom is 0.193 e. The number of aromatic nitrogens is 2. The minimum Gasteiger partial charge on any atom is -0.311 e. The summed E-state index contributed by atoms with van der Waals surface area (Å²) in [6.45, 7) is 5.84. The number of imidazole rings is 1. The predicted octanol–water partition coefficient (Wildman–Crippen LogP) is 3.50. The molecular formula is C15H23N3S. The quantitative estimate of drug-likeness (QED) is 0.930. The number of fused-ring (bicyclic) bond motifs is 1. The SMILES string of the molecule is CC(C)C1(Cc2cn3ccsc3n2)CCCCCN1. The van der Waals surface area contributed by atoms with Gasteiger partial charge in [0.2, 0.25) is 0 Å². The molecule has 0 aliphatic carbocycles. The van der Waals surface area contributed by atoms with E-state index in [9.17, 15) is 0 Å². The second kappa shape index (κ2) is 5.25. The number of hydrogen-bond acceptors (Lipinski definition) is 3. The zero-order chi connectivity index (χ0) is 13.3. The molecule has 3 heterocycles. The average molecular weight is 277 g/mol. The second-order valence-electron chi connectivity index (χ2n) is 6.05. The lowest BCUT2D eigenvalue weighted by Gasteiger charge is -2.37. The van der Waals surface area contributed by atoms with Crippen LogP contribution in [0.4, 0.5) is 0 Å². The lowest BCUT2D eigenvalue weighted by atomic mass is 9.79. The van der Waals surface area contributed by atoms with Crippen LogP contribution in [0, 0.1) is 5.92 Å². The Bertz CT molecular complexity index is 504. The standard InChI is InChI=1S/C15H23N3S/c1-12(2)15(6-4-3-5-7-16-15)10-13-11-18-8-9-19-14(18)17-13/h8-9,11-12,16H,3-7,10H2,1-2H3. The summed E-state index contributed by atoms with van der Waals surface area (Å²) in [4.78, 5) is 5.88. The van der Waals surface area contributed by atoms with Crippen molar-refractivity contribution in [3.63, 3.8) is 0 Å². The highest BCUT2D eigenvalue weighted by Crippen LogP contribution is 2.30. The minimum absolute atomic E-state index is 0.237. The molecule has 1 fully saturated rings. The molecule has 19 heavy (non-hydrogen) atoms. The van der Waals surface area contributed by atoms with Crippen LogP contribution in [0.2, 0.25) is 0 Å². The van der Waals surface area contributed by atoms with Crippen LogP contribution in [-0.4, -0.2) is 21.5 Å². The van der Waals surface area contributed by atoms with E-state index >= 15 is 0 Å². The van der Waals surface area contributed by atoms with E-state index in [1.807, 2.05) is 0 Å². The van der Waals surface area contributed by atoms with Crippen molar-refractivity contribution in [2.75, 3.05) is 6.54 Å². The average Bonchev–Trinajstić information content (AvgIpc) is 2.84. The Kier molecular flexibility index (Phi) is 3.63. The molecule has 3 nitrogen and oxygen atoms in total. The van der Waals surface area contributed by atoms with Crippen LogP contribution in [-0.2, 0) is 6.42 Å². The Morgan fingerprint density at radius 3 is 3.11 bits per heavy atom. The second-order valence-corrected chi connectivity index (χ2v) is 6.92. The van der Waals surface area contributed by atoms with Crippen molar-refractivity contribution in [2.24, 2.45) is 5.92 Å². The predicted molar refractivity (Wildman–Crippen MR) is 80.8 cm³/mol. The van der Waals surface area contributed by atoms with Gasteiger partial charge >= 0.3 is 0 Å². The summed E-state index contributed by atoms with van der Waals surface area (Å²) in [7, 11) is 0. The molecule has 1 aliphatic heterocycles. The molecule has 0 spiro atoms. The van der Waals surface area contributed by atoms with Crippen molar-refractivity contribution in [1.82, 2.24) is 14.7 Å². The van der Waals surface area contributed by atoms with Crippen LogP contribution < -0.4 is 5.32 Å². The van der Waals surface area contributed by atoms with E-state index in [1.165, 1.54) is 31.4 Å². The Labute approximate surface area is 119 Å². The molecule has 0 aromatic carbocycles. The van der Waals surface area contributed by atoms with Crippen LogP contribution in [0.1, 0.15) is 45.2 Å². The summed E-state index contributed by atoms with van der Waals surface area (Å²) < 4.78 is 2.14. The molecule has 104 valence electrons. The Hall–Kier alpha value is -0.870. The summed E-state index contributed by atoms with van der Waals surface area (Å²) in [5.41, 5.74) is 1.47. The third-order valence-corrected chi connectivity index (χ3v) is 5.29. The van der Waals surface area contributed by atoms with Gasteiger partial charge < -0.3 is 5.32 Å². The van der Waals surface area contributed by atoms with Gasteiger partial charge in [-0.3, -0.25) is 4.40 Å². The molecule has 2 aromatic heterocycles. The summed E-state index contributed by atoms with van der Waals surface area (Å²) >= 11 is 1.71. The van der Waals surface area contributed by atoms with Gasteiger partial charge in [-0.1, -0.05) is 26.7 Å². The largest absolute Gasteiger partial charge is 0.311 e. The fourth-order valence-corrected chi connectivity index (χ4v) is 3.92. The van der Waals surface area contributed by atoms with Crippen molar-refractivity contribution < 1.29 is 0 Å². The lowest BCUT2D eigenvalue weighted by Crippen LogP contribution is -2.51. The molecule has 1 unspecified atom stereocenters. The molecule has 0 radical (unpaired) electrons. The van der Waals surface area contributed by atoms with Crippen LogP contribution >= 0.6 is 11.3 Å². The molecule has 0 amide bonds. The highest BCUT2D eigenvalue weighted by atomic mass is 32.1. The smallest absolute Gasteiger partial charge is 0.193 e. The first-order valence-corrected chi connectivity index (χ1v) is 8.24. The number of rotatable bonds is 3. The van der Waals surface area contributed by atoms with Crippen LogP contribution in [0.3, 0.4) is 0 Å². The number of hydrogen-bond donors (Lipinski definition) is 1. The van der Waals surface area contributed by atoms with Crippen LogP contribution in [0.25, 0.3) is 4.96 Å². The van der Waals surface area contributed by atoms with Gasteiger partial charge in [-0.25, -0.2) is 4.98 Å². The number of nitrogens with one attached hydrogen (secondary N) is 1. The lowest BCUT2D eigenvalue weighted by molar-refractivity contribution is 0.224. The highest BCUT2D eigenvalue weighted by Gasteiger charge is 2.34. The first-order chi connectivity index (χ1) is 9.20. The normalized spacial score (nSPS) is 25.0. The van der Waals surface area contributed by atoms with Crippen molar-refractivity contribution in [3.05, 3.63) is 23.5 Å². The Balaban J connectivity index is 1.85. The van der Waals surface area contributed by atoms with Crippen LogP contribution in [0.5, 0.6) is 0 Å². The molecule has 1 saturated heterocycles. The van der Waals surface area contributed by atoms with E-state index in [2.05, 4.69) is 41.3 Å². The Morgan fingerprint density at radius 1 is 1.42 bits per heavy atom. The molecule has 0 bridgehead atoms. The van der Waals surface area contributed by atoms with Crippen molar-refractivity contribution >= 4 is 16.3 Å². The molecule has 3 rings (SSSR count). The minimum atomic E-state index is 0.237. The van der Waals surface area contributed by atoms with Gasteiger partial charge in [0.15, 0.2) is 4.96 Å². The summed E-state index contributed by atoms with van der Waals surface area (Å²) in [6.07, 6.45) is 10.6. The maximum absolute atomic E-state index is 4.77. The molecule has 1 atom stereocenters. The van der Waals surface area contributed by atoms with E-state index < -0.39 is 0 Å². The first kappa shape index (κ1) is 13.1. The van der Waals surface area contributed by atoms with Gasteiger partial charge in [-0.2, -0.15) is 0 Å². The van der Waals surface area contributed by atoms with Gasteiger partial charge in [-0.15, -0.1) is 11.3 Å².